The highest BCUT2D eigenvalue weighted by molar-refractivity contribution is 6.02. The van der Waals surface area contributed by atoms with Gasteiger partial charge in [0.2, 0.25) is 5.76 Å². The molecular weight excluding hydrogens is 308 g/mol. The molecule has 24 heavy (non-hydrogen) atoms. The van der Waals surface area contributed by atoms with Gasteiger partial charge in [-0.15, -0.1) is 5.10 Å². The van der Waals surface area contributed by atoms with Crippen LogP contribution in [0.3, 0.4) is 0 Å². The van der Waals surface area contributed by atoms with Crippen molar-refractivity contribution in [2.75, 3.05) is 5.32 Å². The van der Waals surface area contributed by atoms with Crippen LogP contribution in [0.5, 0.6) is 0 Å². The van der Waals surface area contributed by atoms with Gasteiger partial charge >= 0.3 is 0 Å². The highest BCUT2D eigenvalue weighted by Gasteiger charge is 2.17. The second kappa shape index (κ2) is 7.03. The lowest BCUT2D eigenvalue weighted by Gasteiger charge is -2.06. The molecule has 0 spiro atoms. The first-order valence-electron chi connectivity index (χ1n) is 7.82. The molecule has 1 N–H and O–H groups in total. The highest BCUT2D eigenvalue weighted by atomic mass is 16.5. The van der Waals surface area contributed by atoms with Crippen molar-refractivity contribution < 1.29 is 9.32 Å². The molecule has 8 nitrogen and oxygen atoms in total. The van der Waals surface area contributed by atoms with Crippen molar-refractivity contribution in [3.63, 3.8) is 0 Å². The molecule has 0 fully saturated rings. The zero-order chi connectivity index (χ0) is 16.9. The monoisotopic (exact) mass is 326 g/mol. The fraction of sp³-hybridized carbons (Fsp3) is 0.312. The standard InChI is InChI=1S/C16H18N6O2/c1-3-11(4-2)14-9-15(24-19-14)16(23)18-12-6-5-7-13(8-12)22-10-17-20-21-22/h5-11H,3-4H2,1-2H3,(H,18,23). The molecule has 1 amide bonds. The number of carbonyl (C=O) groups excluding carboxylic acids is 1. The van der Waals surface area contributed by atoms with E-state index in [2.05, 4.69) is 39.8 Å². The Morgan fingerprint density at radius 3 is 2.83 bits per heavy atom. The van der Waals surface area contributed by atoms with E-state index in [1.807, 2.05) is 12.1 Å². The average molecular weight is 326 g/mol. The van der Waals surface area contributed by atoms with Crippen LogP contribution in [0.2, 0.25) is 0 Å². The summed E-state index contributed by atoms with van der Waals surface area (Å²) in [5.41, 5.74) is 2.18. The molecular formula is C16H18N6O2. The number of anilines is 1. The van der Waals surface area contributed by atoms with Gasteiger partial charge in [-0.2, -0.15) is 0 Å². The molecule has 0 saturated heterocycles. The van der Waals surface area contributed by atoms with Crippen LogP contribution in [-0.4, -0.2) is 31.3 Å². The van der Waals surface area contributed by atoms with Gasteiger partial charge in [-0.05, 0) is 41.5 Å². The number of tetrazole rings is 1. The molecule has 0 radical (unpaired) electrons. The van der Waals surface area contributed by atoms with Crippen molar-refractivity contribution in [1.82, 2.24) is 25.4 Å². The number of hydrogen-bond acceptors (Lipinski definition) is 6. The largest absolute Gasteiger partial charge is 0.351 e. The Hall–Kier alpha value is -3.03. The first-order chi connectivity index (χ1) is 11.7. The molecule has 124 valence electrons. The molecule has 3 aromatic rings. The zero-order valence-electron chi connectivity index (χ0n) is 13.5. The summed E-state index contributed by atoms with van der Waals surface area (Å²) in [6.45, 7) is 4.18. The van der Waals surface area contributed by atoms with Gasteiger partial charge in [0.1, 0.15) is 6.33 Å². The average Bonchev–Trinajstić information content (AvgIpc) is 3.28. The lowest BCUT2D eigenvalue weighted by atomic mass is 9.99. The first kappa shape index (κ1) is 15.9. The maximum absolute atomic E-state index is 12.3. The minimum Gasteiger partial charge on any atom is -0.351 e. The number of rotatable bonds is 6. The van der Waals surface area contributed by atoms with Crippen LogP contribution in [0.4, 0.5) is 5.69 Å². The fourth-order valence-electron chi connectivity index (χ4n) is 2.49. The molecule has 0 saturated carbocycles. The lowest BCUT2D eigenvalue weighted by Crippen LogP contribution is -2.11. The predicted molar refractivity (Wildman–Crippen MR) is 86.9 cm³/mol. The van der Waals surface area contributed by atoms with Crippen molar-refractivity contribution in [3.05, 3.63) is 48.1 Å². The lowest BCUT2D eigenvalue weighted by molar-refractivity contribution is 0.0988. The second-order valence-electron chi connectivity index (χ2n) is 5.39. The summed E-state index contributed by atoms with van der Waals surface area (Å²) in [5.74, 6) is 0.164. The van der Waals surface area contributed by atoms with Gasteiger partial charge < -0.3 is 9.84 Å². The Bertz CT molecular complexity index is 808. The quantitative estimate of drug-likeness (QED) is 0.748. The van der Waals surface area contributed by atoms with Gasteiger partial charge in [0.05, 0.1) is 11.4 Å². The first-order valence-corrected chi connectivity index (χ1v) is 7.82. The fourth-order valence-corrected chi connectivity index (χ4v) is 2.49. The van der Waals surface area contributed by atoms with E-state index < -0.39 is 0 Å². The molecule has 1 aromatic carbocycles. The summed E-state index contributed by atoms with van der Waals surface area (Å²) >= 11 is 0. The third-order valence-corrected chi connectivity index (χ3v) is 3.87. The van der Waals surface area contributed by atoms with Crippen LogP contribution < -0.4 is 5.32 Å². The van der Waals surface area contributed by atoms with E-state index >= 15 is 0 Å². The second-order valence-corrected chi connectivity index (χ2v) is 5.39. The summed E-state index contributed by atoms with van der Waals surface area (Å²) in [6, 6.07) is 8.91. The summed E-state index contributed by atoms with van der Waals surface area (Å²) in [7, 11) is 0. The number of hydrogen-bond donors (Lipinski definition) is 1. The van der Waals surface area contributed by atoms with E-state index in [4.69, 9.17) is 4.52 Å². The van der Waals surface area contributed by atoms with E-state index in [0.29, 0.717) is 11.6 Å². The molecule has 0 bridgehead atoms. The van der Waals surface area contributed by atoms with E-state index in [9.17, 15) is 4.79 Å². The van der Waals surface area contributed by atoms with Crippen molar-refractivity contribution in [3.8, 4) is 5.69 Å². The van der Waals surface area contributed by atoms with Crippen molar-refractivity contribution in [1.29, 1.82) is 0 Å². The molecule has 0 atom stereocenters. The molecule has 8 heteroatoms. The van der Waals surface area contributed by atoms with Gasteiger partial charge in [-0.1, -0.05) is 25.1 Å². The van der Waals surface area contributed by atoms with Crippen LogP contribution in [0.25, 0.3) is 5.69 Å². The maximum Gasteiger partial charge on any atom is 0.294 e. The zero-order valence-corrected chi connectivity index (χ0v) is 13.5. The number of nitrogens with zero attached hydrogens (tertiary/aromatic N) is 5. The minimum absolute atomic E-state index is 0.199. The third kappa shape index (κ3) is 3.32. The number of carbonyl (C=O) groups is 1. The Balaban J connectivity index is 1.74. The number of aromatic nitrogens is 5. The molecule has 2 aromatic heterocycles. The number of benzene rings is 1. The molecule has 2 heterocycles. The van der Waals surface area contributed by atoms with E-state index in [1.54, 1.807) is 18.2 Å². The Morgan fingerprint density at radius 2 is 2.12 bits per heavy atom. The van der Waals surface area contributed by atoms with Gasteiger partial charge in [0, 0.05) is 17.7 Å². The van der Waals surface area contributed by atoms with Gasteiger partial charge in [-0.3, -0.25) is 4.79 Å². The van der Waals surface area contributed by atoms with Crippen molar-refractivity contribution in [2.45, 2.75) is 32.6 Å². The summed E-state index contributed by atoms with van der Waals surface area (Å²) < 4.78 is 6.70. The summed E-state index contributed by atoms with van der Waals surface area (Å²) in [6.07, 6.45) is 3.40. The molecule has 3 rings (SSSR count). The third-order valence-electron chi connectivity index (χ3n) is 3.87. The Morgan fingerprint density at radius 1 is 1.29 bits per heavy atom. The van der Waals surface area contributed by atoms with E-state index in [-0.39, 0.29) is 11.7 Å². The van der Waals surface area contributed by atoms with Crippen molar-refractivity contribution >= 4 is 11.6 Å². The maximum atomic E-state index is 12.3. The van der Waals surface area contributed by atoms with E-state index in [0.717, 1.165) is 24.2 Å². The molecule has 0 aliphatic carbocycles. The molecule has 0 aliphatic rings. The summed E-state index contributed by atoms with van der Waals surface area (Å²) in [5, 5.41) is 17.8. The van der Waals surface area contributed by atoms with Gasteiger partial charge in [0.25, 0.3) is 5.91 Å². The van der Waals surface area contributed by atoms with E-state index in [1.165, 1.54) is 11.0 Å². The Kier molecular flexibility index (Phi) is 4.64. The number of amides is 1. The topological polar surface area (TPSA) is 98.7 Å². The van der Waals surface area contributed by atoms with Crippen LogP contribution >= 0.6 is 0 Å². The van der Waals surface area contributed by atoms with Crippen LogP contribution in [0.1, 0.15) is 48.9 Å². The smallest absolute Gasteiger partial charge is 0.294 e. The summed E-state index contributed by atoms with van der Waals surface area (Å²) in [4.78, 5) is 12.3. The van der Waals surface area contributed by atoms with Crippen LogP contribution in [-0.2, 0) is 0 Å². The van der Waals surface area contributed by atoms with Gasteiger partial charge in [0.15, 0.2) is 0 Å². The normalized spacial score (nSPS) is 11.0. The van der Waals surface area contributed by atoms with Crippen molar-refractivity contribution in [2.24, 2.45) is 0 Å². The molecule has 0 unspecified atom stereocenters. The van der Waals surface area contributed by atoms with Crippen LogP contribution in [0.15, 0.2) is 41.2 Å². The minimum atomic E-state index is -0.339. The Labute approximate surface area is 138 Å². The molecule has 0 aliphatic heterocycles. The van der Waals surface area contributed by atoms with Crippen LogP contribution in [0, 0.1) is 0 Å². The predicted octanol–water partition coefficient (Wildman–Crippen LogP) is 2.81. The number of nitrogens with one attached hydrogen (secondary N) is 1. The highest BCUT2D eigenvalue weighted by Crippen LogP contribution is 2.23. The van der Waals surface area contributed by atoms with Gasteiger partial charge in [-0.25, -0.2) is 4.68 Å². The SMILES string of the molecule is CCC(CC)c1cc(C(=O)Nc2cccc(-n3cnnn3)c2)on1.